The second-order valence-electron chi connectivity index (χ2n) is 5.60. The second-order valence-corrected chi connectivity index (χ2v) is 5.60. The third-order valence-electron chi connectivity index (χ3n) is 3.95. The van der Waals surface area contributed by atoms with Gasteiger partial charge in [-0.05, 0) is 19.8 Å². The van der Waals surface area contributed by atoms with E-state index < -0.39 is 0 Å². The van der Waals surface area contributed by atoms with Gasteiger partial charge < -0.3 is 10.5 Å². The van der Waals surface area contributed by atoms with Crippen molar-refractivity contribution in [3.8, 4) is 0 Å². The molecule has 1 aliphatic heterocycles. The molecule has 2 aromatic heterocycles. The lowest BCUT2D eigenvalue weighted by atomic mass is 10.0. The number of nitrogens with two attached hydrogens (primary N) is 1. The van der Waals surface area contributed by atoms with Gasteiger partial charge in [0.05, 0.1) is 17.8 Å². The van der Waals surface area contributed by atoms with Crippen molar-refractivity contribution in [1.82, 2.24) is 19.3 Å². The highest BCUT2D eigenvalue weighted by atomic mass is 16.5. The van der Waals surface area contributed by atoms with E-state index in [-0.39, 0.29) is 5.54 Å². The lowest BCUT2D eigenvalue weighted by Gasteiger charge is -2.25. The van der Waals surface area contributed by atoms with Crippen LogP contribution in [0.4, 0.5) is 5.95 Å². The average Bonchev–Trinajstić information content (AvgIpc) is 2.99. The van der Waals surface area contributed by atoms with Gasteiger partial charge in [0.15, 0.2) is 5.65 Å². The standard InChI is InChI=1S/C13H21N5O/c1-4-5-9-10-11(17(3)16-9)18(12(14)15-10)13(2)6-7-19-8-13/h4-8H2,1-3H3,(H2,14,15). The first-order chi connectivity index (χ1) is 9.07. The third-order valence-corrected chi connectivity index (χ3v) is 3.95. The minimum Gasteiger partial charge on any atom is -0.379 e. The van der Waals surface area contributed by atoms with E-state index in [1.54, 1.807) is 0 Å². The SMILES string of the molecule is CCCc1nn(C)c2c1nc(N)n2C1(C)CCOC1. The molecular weight excluding hydrogens is 242 g/mol. The van der Waals surface area contributed by atoms with Crippen LogP contribution in [-0.4, -0.2) is 32.5 Å². The Balaban J connectivity index is 2.22. The number of anilines is 1. The van der Waals surface area contributed by atoms with Crippen molar-refractivity contribution in [3.05, 3.63) is 5.69 Å². The predicted octanol–water partition coefficient (Wildman–Crippen LogP) is 1.44. The van der Waals surface area contributed by atoms with Gasteiger partial charge in [0, 0.05) is 13.7 Å². The van der Waals surface area contributed by atoms with Crippen LogP contribution in [0.3, 0.4) is 0 Å². The molecule has 2 aromatic rings. The van der Waals surface area contributed by atoms with Crippen LogP contribution >= 0.6 is 0 Å². The Kier molecular flexibility index (Phi) is 2.78. The summed E-state index contributed by atoms with van der Waals surface area (Å²) in [5.74, 6) is 0.563. The van der Waals surface area contributed by atoms with Crippen molar-refractivity contribution >= 4 is 17.1 Å². The Morgan fingerprint density at radius 1 is 1.47 bits per heavy atom. The van der Waals surface area contributed by atoms with E-state index in [9.17, 15) is 0 Å². The van der Waals surface area contributed by atoms with Crippen LogP contribution in [0.15, 0.2) is 0 Å². The van der Waals surface area contributed by atoms with E-state index in [1.807, 2.05) is 11.7 Å². The number of aryl methyl sites for hydroxylation is 2. The number of imidazole rings is 1. The lowest BCUT2D eigenvalue weighted by molar-refractivity contribution is 0.163. The quantitative estimate of drug-likeness (QED) is 0.909. The van der Waals surface area contributed by atoms with Crippen LogP contribution < -0.4 is 5.73 Å². The highest BCUT2D eigenvalue weighted by molar-refractivity contribution is 5.78. The number of nitrogens with zero attached hydrogens (tertiary/aromatic N) is 4. The molecule has 1 atom stereocenters. The summed E-state index contributed by atoms with van der Waals surface area (Å²) < 4.78 is 9.54. The smallest absolute Gasteiger partial charge is 0.203 e. The van der Waals surface area contributed by atoms with Crippen molar-refractivity contribution in [3.63, 3.8) is 0 Å². The van der Waals surface area contributed by atoms with Crippen LogP contribution in [0.2, 0.25) is 0 Å². The molecule has 0 aliphatic carbocycles. The molecule has 0 bridgehead atoms. The minimum atomic E-state index is -0.115. The van der Waals surface area contributed by atoms with Crippen molar-refractivity contribution in [2.75, 3.05) is 18.9 Å². The molecule has 1 unspecified atom stereocenters. The molecule has 19 heavy (non-hydrogen) atoms. The van der Waals surface area contributed by atoms with E-state index in [4.69, 9.17) is 10.5 Å². The Hall–Kier alpha value is -1.56. The highest BCUT2D eigenvalue weighted by Gasteiger charge is 2.36. The molecule has 0 aromatic carbocycles. The average molecular weight is 263 g/mol. The third kappa shape index (κ3) is 1.74. The maximum atomic E-state index is 6.15. The maximum absolute atomic E-state index is 6.15. The number of hydrogen-bond donors (Lipinski definition) is 1. The summed E-state index contributed by atoms with van der Waals surface area (Å²) in [4.78, 5) is 4.54. The summed E-state index contributed by atoms with van der Waals surface area (Å²) in [6, 6.07) is 0. The molecule has 0 amide bonds. The molecule has 3 heterocycles. The van der Waals surface area contributed by atoms with Gasteiger partial charge in [0.1, 0.15) is 5.52 Å². The van der Waals surface area contributed by atoms with E-state index in [2.05, 4.69) is 28.5 Å². The van der Waals surface area contributed by atoms with Crippen molar-refractivity contribution in [2.24, 2.45) is 7.05 Å². The van der Waals surface area contributed by atoms with E-state index >= 15 is 0 Å². The predicted molar refractivity (Wildman–Crippen MR) is 74.0 cm³/mol. The molecular formula is C13H21N5O. The second kappa shape index (κ2) is 4.23. The maximum Gasteiger partial charge on any atom is 0.203 e. The molecule has 1 fully saturated rings. The summed E-state index contributed by atoms with van der Waals surface area (Å²) in [6.45, 7) is 5.77. The monoisotopic (exact) mass is 263 g/mol. The molecule has 6 heteroatoms. The van der Waals surface area contributed by atoms with Crippen LogP contribution in [0.1, 0.15) is 32.4 Å². The summed E-state index contributed by atoms with van der Waals surface area (Å²) in [7, 11) is 1.96. The van der Waals surface area contributed by atoms with Crippen LogP contribution in [-0.2, 0) is 23.7 Å². The molecule has 6 nitrogen and oxygen atoms in total. The zero-order chi connectivity index (χ0) is 13.6. The Labute approximate surface area is 112 Å². The van der Waals surface area contributed by atoms with Gasteiger partial charge in [0.25, 0.3) is 0 Å². The van der Waals surface area contributed by atoms with E-state index in [1.165, 1.54) is 0 Å². The van der Waals surface area contributed by atoms with Crippen LogP contribution in [0.5, 0.6) is 0 Å². The zero-order valence-corrected chi connectivity index (χ0v) is 11.8. The molecule has 1 aliphatic rings. The fourth-order valence-electron chi connectivity index (χ4n) is 2.97. The Bertz CT molecular complexity index is 606. The minimum absolute atomic E-state index is 0.115. The molecule has 104 valence electrons. The largest absolute Gasteiger partial charge is 0.379 e. The Morgan fingerprint density at radius 2 is 2.26 bits per heavy atom. The lowest BCUT2D eigenvalue weighted by Crippen LogP contribution is -2.32. The van der Waals surface area contributed by atoms with E-state index in [0.29, 0.717) is 12.6 Å². The molecule has 0 radical (unpaired) electrons. The summed E-state index contributed by atoms with van der Waals surface area (Å²) in [6.07, 6.45) is 2.94. The fourth-order valence-corrected chi connectivity index (χ4v) is 2.97. The van der Waals surface area contributed by atoms with Gasteiger partial charge in [-0.25, -0.2) is 4.98 Å². The number of hydrogen-bond acceptors (Lipinski definition) is 4. The fraction of sp³-hybridized carbons (Fsp3) is 0.692. The van der Waals surface area contributed by atoms with Gasteiger partial charge in [-0.1, -0.05) is 13.3 Å². The number of nitrogen functional groups attached to an aromatic ring is 1. The summed E-state index contributed by atoms with van der Waals surface area (Å²) >= 11 is 0. The number of aromatic nitrogens is 4. The van der Waals surface area contributed by atoms with Crippen molar-refractivity contribution < 1.29 is 4.74 Å². The topological polar surface area (TPSA) is 70.9 Å². The van der Waals surface area contributed by atoms with Gasteiger partial charge in [0.2, 0.25) is 5.95 Å². The summed E-state index contributed by atoms with van der Waals surface area (Å²) in [5.41, 5.74) is 9.02. The zero-order valence-electron chi connectivity index (χ0n) is 11.8. The van der Waals surface area contributed by atoms with Gasteiger partial charge in [-0.2, -0.15) is 5.10 Å². The number of rotatable bonds is 3. The first kappa shape index (κ1) is 12.5. The normalized spacial score (nSPS) is 23.5. The van der Waals surface area contributed by atoms with Gasteiger partial charge >= 0.3 is 0 Å². The van der Waals surface area contributed by atoms with E-state index in [0.717, 1.165) is 42.7 Å². The molecule has 3 rings (SSSR count). The van der Waals surface area contributed by atoms with Gasteiger partial charge in [-0.15, -0.1) is 0 Å². The first-order valence-electron chi connectivity index (χ1n) is 6.85. The van der Waals surface area contributed by atoms with Gasteiger partial charge in [-0.3, -0.25) is 9.25 Å². The molecule has 1 saturated heterocycles. The highest BCUT2D eigenvalue weighted by Crippen LogP contribution is 2.34. The Morgan fingerprint density at radius 3 is 2.89 bits per heavy atom. The molecule has 0 spiro atoms. The number of fused-ring (bicyclic) bond motifs is 1. The first-order valence-corrected chi connectivity index (χ1v) is 6.85. The molecule has 0 saturated carbocycles. The summed E-state index contributed by atoms with van der Waals surface area (Å²) in [5, 5.41) is 4.58. The van der Waals surface area contributed by atoms with Crippen molar-refractivity contribution in [1.29, 1.82) is 0 Å². The number of ether oxygens (including phenoxy) is 1. The molecule has 2 N–H and O–H groups in total. The van der Waals surface area contributed by atoms with Crippen molar-refractivity contribution in [2.45, 2.75) is 38.6 Å². The van der Waals surface area contributed by atoms with Crippen LogP contribution in [0.25, 0.3) is 11.2 Å². The van der Waals surface area contributed by atoms with Crippen LogP contribution in [0, 0.1) is 0 Å².